The number of methoxy groups -OCH3 is 1. The molecule has 0 aromatic carbocycles. The Balaban J connectivity index is 4.31. The Bertz CT molecular complexity index is 241. The Morgan fingerprint density at radius 3 is 2.35 bits per heavy atom. The number of amides is 1. The maximum atomic E-state index is 11.9. The molecule has 0 aromatic heterocycles. The molecule has 1 atom stereocenters. The van der Waals surface area contributed by atoms with Gasteiger partial charge in [0, 0.05) is 19.5 Å². The summed E-state index contributed by atoms with van der Waals surface area (Å²) >= 11 is 0. The van der Waals surface area contributed by atoms with Crippen molar-refractivity contribution in [1.82, 2.24) is 4.90 Å². The van der Waals surface area contributed by atoms with E-state index in [1.807, 2.05) is 6.92 Å². The molecule has 0 fully saturated rings. The summed E-state index contributed by atoms with van der Waals surface area (Å²) in [4.78, 5) is 25.0. The molecule has 17 heavy (non-hydrogen) atoms. The summed E-state index contributed by atoms with van der Waals surface area (Å²) in [5, 5.41) is 0. The molecule has 0 saturated carbocycles. The van der Waals surface area contributed by atoms with Crippen LogP contribution in [0.25, 0.3) is 0 Å². The Kier molecular flexibility index (Phi) is 8.46. The quantitative estimate of drug-likeness (QED) is 0.614. The van der Waals surface area contributed by atoms with Crippen LogP contribution in [0.1, 0.15) is 46.5 Å². The van der Waals surface area contributed by atoms with Crippen LogP contribution in [0.15, 0.2) is 0 Å². The highest BCUT2D eigenvalue weighted by atomic mass is 16.5. The number of ether oxygens (including phenoxy) is 1. The molecule has 0 radical (unpaired) electrons. The van der Waals surface area contributed by atoms with Gasteiger partial charge in [0.15, 0.2) is 0 Å². The summed E-state index contributed by atoms with van der Waals surface area (Å²) < 4.78 is 4.67. The highest BCUT2D eigenvalue weighted by Crippen LogP contribution is 2.07. The van der Waals surface area contributed by atoms with Crippen molar-refractivity contribution < 1.29 is 14.3 Å². The monoisotopic (exact) mass is 243 g/mol. The van der Waals surface area contributed by atoms with Gasteiger partial charge in [-0.3, -0.25) is 9.59 Å². The summed E-state index contributed by atoms with van der Waals surface area (Å²) in [5.41, 5.74) is 0. The first-order valence-corrected chi connectivity index (χ1v) is 6.42. The topological polar surface area (TPSA) is 46.6 Å². The van der Waals surface area contributed by atoms with Gasteiger partial charge in [0.2, 0.25) is 5.91 Å². The van der Waals surface area contributed by atoms with E-state index >= 15 is 0 Å². The standard InChI is InChI=1S/C13H25NO3/c1-5-7-8-12(15)14(9-6-2)10-11(3)13(16)17-4/h11H,5-10H2,1-4H3. The van der Waals surface area contributed by atoms with E-state index in [9.17, 15) is 9.59 Å². The number of hydrogen-bond donors (Lipinski definition) is 0. The normalized spacial score (nSPS) is 12.0. The number of unbranched alkanes of at least 4 members (excludes halogenated alkanes) is 1. The van der Waals surface area contributed by atoms with Crippen LogP contribution in [0.4, 0.5) is 0 Å². The molecule has 0 aromatic rings. The van der Waals surface area contributed by atoms with Crippen LogP contribution in [-0.2, 0) is 14.3 Å². The van der Waals surface area contributed by atoms with Crippen LogP contribution < -0.4 is 0 Å². The van der Waals surface area contributed by atoms with Crippen LogP contribution >= 0.6 is 0 Å². The van der Waals surface area contributed by atoms with E-state index < -0.39 is 0 Å². The SMILES string of the molecule is CCCCC(=O)N(CCC)CC(C)C(=O)OC. The van der Waals surface area contributed by atoms with Crippen molar-refractivity contribution >= 4 is 11.9 Å². The molecule has 0 aliphatic heterocycles. The highest BCUT2D eigenvalue weighted by molar-refractivity contribution is 5.77. The summed E-state index contributed by atoms with van der Waals surface area (Å²) in [6.07, 6.45) is 3.40. The minimum absolute atomic E-state index is 0.143. The van der Waals surface area contributed by atoms with Crippen molar-refractivity contribution in [1.29, 1.82) is 0 Å². The lowest BCUT2D eigenvalue weighted by molar-refractivity contribution is -0.146. The third-order valence-corrected chi connectivity index (χ3v) is 2.69. The molecule has 4 nitrogen and oxygen atoms in total. The van der Waals surface area contributed by atoms with E-state index in [2.05, 4.69) is 11.7 Å². The summed E-state index contributed by atoms with van der Waals surface area (Å²) in [6, 6.07) is 0. The lowest BCUT2D eigenvalue weighted by Crippen LogP contribution is -2.37. The van der Waals surface area contributed by atoms with Crippen molar-refractivity contribution in [2.24, 2.45) is 5.92 Å². The molecule has 0 aliphatic carbocycles. The lowest BCUT2D eigenvalue weighted by atomic mass is 10.1. The van der Waals surface area contributed by atoms with Crippen LogP contribution in [0.5, 0.6) is 0 Å². The van der Waals surface area contributed by atoms with Gasteiger partial charge in [0.05, 0.1) is 13.0 Å². The molecule has 0 spiro atoms. The van der Waals surface area contributed by atoms with Gasteiger partial charge in [-0.2, -0.15) is 0 Å². The fraction of sp³-hybridized carbons (Fsp3) is 0.846. The molecule has 0 heterocycles. The predicted octanol–water partition coefficient (Wildman–Crippen LogP) is 2.22. The van der Waals surface area contributed by atoms with Crippen LogP contribution in [0.3, 0.4) is 0 Å². The Labute approximate surface area is 104 Å². The van der Waals surface area contributed by atoms with E-state index in [0.717, 1.165) is 19.3 Å². The maximum absolute atomic E-state index is 11.9. The van der Waals surface area contributed by atoms with E-state index in [4.69, 9.17) is 0 Å². The minimum Gasteiger partial charge on any atom is -0.469 e. The molecule has 1 unspecified atom stereocenters. The van der Waals surface area contributed by atoms with Crippen molar-refractivity contribution in [3.8, 4) is 0 Å². The summed E-state index contributed by atoms with van der Waals surface area (Å²) in [5.74, 6) is -0.365. The van der Waals surface area contributed by atoms with Gasteiger partial charge in [0.1, 0.15) is 0 Å². The number of esters is 1. The zero-order valence-electron chi connectivity index (χ0n) is 11.5. The van der Waals surface area contributed by atoms with Crippen molar-refractivity contribution in [2.75, 3.05) is 20.2 Å². The first kappa shape index (κ1) is 15.9. The first-order valence-electron chi connectivity index (χ1n) is 6.42. The molecule has 0 aliphatic rings. The zero-order chi connectivity index (χ0) is 13.3. The fourth-order valence-electron chi connectivity index (χ4n) is 1.68. The Morgan fingerprint density at radius 2 is 1.88 bits per heavy atom. The molecule has 0 N–H and O–H groups in total. The highest BCUT2D eigenvalue weighted by Gasteiger charge is 2.20. The molecule has 1 amide bonds. The summed E-state index contributed by atoms with van der Waals surface area (Å²) in [7, 11) is 1.38. The van der Waals surface area contributed by atoms with Crippen molar-refractivity contribution in [3.05, 3.63) is 0 Å². The maximum Gasteiger partial charge on any atom is 0.310 e. The molecule has 0 rings (SSSR count). The summed E-state index contributed by atoms with van der Waals surface area (Å²) in [6.45, 7) is 7.06. The third kappa shape index (κ3) is 6.29. The molecular formula is C13H25NO3. The molecule has 4 heteroatoms. The van der Waals surface area contributed by atoms with Gasteiger partial charge >= 0.3 is 5.97 Å². The van der Waals surface area contributed by atoms with Crippen molar-refractivity contribution in [2.45, 2.75) is 46.5 Å². The van der Waals surface area contributed by atoms with Gasteiger partial charge in [-0.05, 0) is 12.8 Å². The van der Waals surface area contributed by atoms with Crippen LogP contribution in [0.2, 0.25) is 0 Å². The van der Waals surface area contributed by atoms with Crippen LogP contribution in [0, 0.1) is 5.92 Å². The van der Waals surface area contributed by atoms with E-state index in [1.165, 1.54) is 7.11 Å². The largest absolute Gasteiger partial charge is 0.469 e. The second-order valence-corrected chi connectivity index (χ2v) is 4.37. The first-order chi connectivity index (χ1) is 8.06. The predicted molar refractivity (Wildman–Crippen MR) is 67.6 cm³/mol. The number of carbonyl (C=O) groups is 2. The number of carbonyl (C=O) groups excluding carboxylic acids is 2. The molecule has 0 saturated heterocycles. The fourth-order valence-corrected chi connectivity index (χ4v) is 1.68. The number of rotatable bonds is 8. The molecule has 0 bridgehead atoms. The Morgan fingerprint density at radius 1 is 1.24 bits per heavy atom. The van der Waals surface area contributed by atoms with Gasteiger partial charge in [-0.15, -0.1) is 0 Å². The van der Waals surface area contributed by atoms with Crippen molar-refractivity contribution in [3.63, 3.8) is 0 Å². The van der Waals surface area contributed by atoms with Gasteiger partial charge in [0.25, 0.3) is 0 Å². The minimum atomic E-state index is -0.255. The average molecular weight is 243 g/mol. The zero-order valence-corrected chi connectivity index (χ0v) is 11.5. The smallest absolute Gasteiger partial charge is 0.310 e. The van der Waals surface area contributed by atoms with E-state index in [0.29, 0.717) is 19.5 Å². The Hall–Kier alpha value is -1.06. The number of hydrogen-bond acceptors (Lipinski definition) is 3. The van der Waals surface area contributed by atoms with Gasteiger partial charge < -0.3 is 9.64 Å². The molecular weight excluding hydrogens is 218 g/mol. The lowest BCUT2D eigenvalue weighted by Gasteiger charge is -2.24. The number of nitrogens with zero attached hydrogens (tertiary/aromatic N) is 1. The third-order valence-electron chi connectivity index (χ3n) is 2.69. The van der Waals surface area contributed by atoms with Gasteiger partial charge in [-0.1, -0.05) is 27.2 Å². The van der Waals surface area contributed by atoms with E-state index in [-0.39, 0.29) is 17.8 Å². The van der Waals surface area contributed by atoms with E-state index in [1.54, 1.807) is 11.8 Å². The molecule has 100 valence electrons. The van der Waals surface area contributed by atoms with Crippen LogP contribution in [-0.4, -0.2) is 37.0 Å². The average Bonchev–Trinajstić information content (AvgIpc) is 2.34. The van der Waals surface area contributed by atoms with Gasteiger partial charge in [-0.25, -0.2) is 0 Å². The second kappa shape index (κ2) is 9.02. The second-order valence-electron chi connectivity index (χ2n) is 4.37.